The molecular weight excluding hydrogens is 218 g/mol. The number of allylic oxidation sites excluding steroid dienone is 1. The number of hydrogen-bond donors (Lipinski definition) is 1. The van der Waals surface area contributed by atoms with Crippen molar-refractivity contribution in [3.63, 3.8) is 0 Å². The molecule has 0 spiro atoms. The van der Waals surface area contributed by atoms with Crippen LogP contribution in [0.15, 0.2) is 29.8 Å². The summed E-state index contributed by atoms with van der Waals surface area (Å²) >= 11 is 6.11. The molecule has 1 atom stereocenters. The van der Waals surface area contributed by atoms with E-state index in [1.54, 1.807) is 0 Å². The highest BCUT2D eigenvalue weighted by atomic mass is 35.5. The third-order valence-corrected chi connectivity index (χ3v) is 3.35. The predicted molar refractivity (Wildman–Crippen MR) is 69.9 cm³/mol. The van der Waals surface area contributed by atoms with Crippen molar-refractivity contribution in [1.29, 1.82) is 0 Å². The van der Waals surface area contributed by atoms with E-state index in [2.05, 4.69) is 30.4 Å². The highest BCUT2D eigenvalue weighted by Gasteiger charge is 2.17. The zero-order valence-electron chi connectivity index (χ0n) is 9.89. The van der Waals surface area contributed by atoms with E-state index in [-0.39, 0.29) is 0 Å². The van der Waals surface area contributed by atoms with Gasteiger partial charge >= 0.3 is 0 Å². The minimum Gasteiger partial charge on any atom is -0.310 e. The molecule has 1 N–H and O–H groups in total. The molecule has 2 rings (SSSR count). The Bertz CT molecular complexity index is 389. The van der Waals surface area contributed by atoms with Crippen molar-refractivity contribution in [2.24, 2.45) is 0 Å². The second-order valence-corrected chi connectivity index (χ2v) is 4.89. The minimum atomic E-state index is 0.333. The van der Waals surface area contributed by atoms with E-state index in [0.29, 0.717) is 6.04 Å². The molecule has 1 aliphatic rings. The molecule has 0 bridgehead atoms. The van der Waals surface area contributed by atoms with Gasteiger partial charge in [0.25, 0.3) is 0 Å². The van der Waals surface area contributed by atoms with Gasteiger partial charge in [0.05, 0.1) is 6.04 Å². The maximum atomic E-state index is 6.11. The number of hydrogen-bond acceptors (Lipinski definition) is 1. The van der Waals surface area contributed by atoms with Crippen molar-refractivity contribution in [1.82, 2.24) is 5.32 Å². The molecule has 0 radical (unpaired) electrons. The second kappa shape index (κ2) is 5.03. The molecule has 0 saturated carbocycles. The summed E-state index contributed by atoms with van der Waals surface area (Å²) in [5.74, 6) is 0. The van der Waals surface area contributed by atoms with Crippen molar-refractivity contribution < 1.29 is 0 Å². The smallest absolute Gasteiger partial charge is 0.0534 e. The Kier molecular flexibility index (Phi) is 3.67. The van der Waals surface area contributed by atoms with Gasteiger partial charge in [-0.25, -0.2) is 0 Å². The molecule has 16 heavy (non-hydrogen) atoms. The molecule has 0 aliphatic heterocycles. The first-order chi connectivity index (χ1) is 7.70. The van der Waals surface area contributed by atoms with Gasteiger partial charge in [0, 0.05) is 5.02 Å². The summed E-state index contributed by atoms with van der Waals surface area (Å²) in [6.07, 6.45) is 6.06. The molecule has 0 heterocycles. The van der Waals surface area contributed by atoms with Crippen LogP contribution in [0, 0.1) is 6.92 Å². The number of likely N-dealkylation sites (N-methyl/N-ethyl adjacent to an activating group) is 1. The number of halogens is 1. The number of aryl methyl sites for hydroxylation is 1. The summed E-state index contributed by atoms with van der Waals surface area (Å²) < 4.78 is 0. The highest BCUT2D eigenvalue weighted by molar-refractivity contribution is 6.30. The van der Waals surface area contributed by atoms with Crippen LogP contribution in [0.1, 0.15) is 36.4 Å². The van der Waals surface area contributed by atoms with Crippen LogP contribution >= 0.6 is 11.6 Å². The van der Waals surface area contributed by atoms with Crippen LogP contribution in [0.4, 0.5) is 0 Å². The summed E-state index contributed by atoms with van der Waals surface area (Å²) in [5.41, 5.74) is 4.01. The van der Waals surface area contributed by atoms with E-state index in [0.717, 1.165) is 5.02 Å². The Morgan fingerprint density at radius 2 is 2.12 bits per heavy atom. The molecule has 1 unspecified atom stereocenters. The maximum Gasteiger partial charge on any atom is 0.0534 e. The molecule has 1 nitrogen and oxygen atoms in total. The molecule has 0 fully saturated rings. The predicted octanol–water partition coefficient (Wildman–Crippen LogP) is 4.02. The number of rotatable bonds is 3. The van der Waals surface area contributed by atoms with E-state index in [9.17, 15) is 0 Å². The lowest BCUT2D eigenvalue weighted by atomic mass is 9.97. The Morgan fingerprint density at radius 3 is 2.69 bits per heavy atom. The monoisotopic (exact) mass is 235 g/mol. The van der Waals surface area contributed by atoms with Crippen LogP contribution in [-0.4, -0.2) is 7.05 Å². The zero-order chi connectivity index (χ0) is 11.5. The van der Waals surface area contributed by atoms with Gasteiger partial charge < -0.3 is 5.32 Å². The summed E-state index contributed by atoms with van der Waals surface area (Å²) in [6.45, 7) is 2.09. The van der Waals surface area contributed by atoms with Gasteiger partial charge in [-0.15, -0.1) is 0 Å². The van der Waals surface area contributed by atoms with Crippen LogP contribution in [-0.2, 0) is 0 Å². The molecule has 2 heteroatoms. The Hall–Kier alpha value is -0.790. The van der Waals surface area contributed by atoms with E-state index < -0.39 is 0 Å². The van der Waals surface area contributed by atoms with Crippen LogP contribution in [0.25, 0.3) is 0 Å². The molecule has 0 amide bonds. The second-order valence-electron chi connectivity index (χ2n) is 4.45. The lowest BCUT2D eigenvalue weighted by Gasteiger charge is -2.19. The van der Waals surface area contributed by atoms with Crippen molar-refractivity contribution in [2.45, 2.75) is 32.2 Å². The van der Waals surface area contributed by atoms with Crippen LogP contribution in [0.3, 0.4) is 0 Å². The molecule has 1 aromatic carbocycles. The topological polar surface area (TPSA) is 12.0 Å². The van der Waals surface area contributed by atoms with Gasteiger partial charge in [0.1, 0.15) is 0 Å². The van der Waals surface area contributed by atoms with Crippen LogP contribution in [0.2, 0.25) is 5.02 Å². The third-order valence-electron chi connectivity index (χ3n) is 3.13. The fourth-order valence-electron chi connectivity index (χ4n) is 2.46. The van der Waals surface area contributed by atoms with Crippen molar-refractivity contribution in [3.8, 4) is 0 Å². The quantitative estimate of drug-likeness (QED) is 0.781. The van der Waals surface area contributed by atoms with E-state index in [1.165, 1.54) is 36.0 Å². The minimum absolute atomic E-state index is 0.333. The first-order valence-electron chi connectivity index (χ1n) is 5.84. The Balaban J connectivity index is 2.32. The van der Waals surface area contributed by atoms with Crippen molar-refractivity contribution >= 4 is 11.6 Å². The summed E-state index contributed by atoms with van der Waals surface area (Å²) in [5, 5.41) is 4.22. The Labute approximate surface area is 103 Å². The Morgan fingerprint density at radius 1 is 1.31 bits per heavy atom. The summed E-state index contributed by atoms with van der Waals surface area (Å²) in [7, 11) is 2.01. The van der Waals surface area contributed by atoms with Gasteiger partial charge in [0.2, 0.25) is 0 Å². The molecular formula is C14H18ClN. The SMILES string of the molecule is CNC(C1=CCCC1)c1cc(C)cc(Cl)c1. The van der Waals surface area contributed by atoms with E-state index in [4.69, 9.17) is 11.6 Å². The highest BCUT2D eigenvalue weighted by Crippen LogP contribution is 2.31. The van der Waals surface area contributed by atoms with E-state index >= 15 is 0 Å². The molecule has 86 valence electrons. The van der Waals surface area contributed by atoms with Gasteiger partial charge in [-0.3, -0.25) is 0 Å². The largest absolute Gasteiger partial charge is 0.310 e. The van der Waals surface area contributed by atoms with Gasteiger partial charge in [-0.1, -0.05) is 29.3 Å². The fourth-order valence-corrected chi connectivity index (χ4v) is 2.75. The lowest BCUT2D eigenvalue weighted by molar-refractivity contribution is 0.655. The van der Waals surface area contributed by atoms with Gasteiger partial charge in [-0.05, 0) is 56.5 Å². The van der Waals surface area contributed by atoms with Crippen LogP contribution in [0.5, 0.6) is 0 Å². The summed E-state index contributed by atoms with van der Waals surface area (Å²) in [4.78, 5) is 0. The standard InChI is InChI=1S/C14H18ClN/c1-10-7-12(9-13(15)8-10)14(16-2)11-5-3-4-6-11/h5,7-9,14,16H,3-4,6H2,1-2H3. The van der Waals surface area contributed by atoms with E-state index in [1.807, 2.05) is 13.1 Å². The lowest BCUT2D eigenvalue weighted by Crippen LogP contribution is -2.18. The first-order valence-corrected chi connectivity index (χ1v) is 6.22. The third kappa shape index (κ3) is 2.47. The molecule has 1 aliphatic carbocycles. The van der Waals surface area contributed by atoms with Gasteiger partial charge in [0.15, 0.2) is 0 Å². The zero-order valence-corrected chi connectivity index (χ0v) is 10.6. The van der Waals surface area contributed by atoms with Crippen LogP contribution < -0.4 is 5.32 Å². The average molecular weight is 236 g/mol. The number of benzene rings is 1. The molecule has 0 saturated heterocycles. The van der Waals surface area contributed by atoms with Crippen molar-refractivity contribution in [3.05, 3.63) is 46.0 Å². The fraction of sp³-hybridized carbons (Fsp3) is 0.429. The average Bonchev–Trinajstić information content (AvgIpc) is 2.70. The molecule has 1 aromatic rings. The van der Waals surface area contributed by atoms with Gasteiger partial charge in [-0.2, -0.15) is 0 Å². The summed E-state index contributed by atoms with van der Waals surface area (Å²) in [6, 6.07) is 6.61. The van der Waals surface area contributed by atoms with Crippen molar-refractivity contribution in [2.75, 3.05) is 7.05 Å². The molecule has 0 aromatic heterocycles. The number of nitrogens with one attached hydrogen (secondary N) is 1. The normalized spacial score (nSPS) is 17.3. The maximum absolute atomic E-state index is 6.11. The first kappa shape index (κ1) is 11.7.